The topological polar surface area (TPSA) is 53.5 Å². The predicted octanol–water partition coefficient (Wildman–Crippen LogP) is 1.45. The van der Waals surface area contributed by atoms with E-state index < -0.39 is 0 Å². The van der Waals surface area contributed by atoms with Crippen molar-refractivity contribution in [3.05, 3.63) is 6.33 Å². The van der Waals surface area contributed by atoms with Crippen LogP contribution in [0.3, 0.4) is 0 Å². The molecule has 6 heteroatoms. The Morgan fingerprint density at radius 1 is 1.24 bits per heavy atom. The summed E-state index contributed by atoms with van der Waals surface area (Å²) < 4.78 is 5.54. The molecule has 2 heterocycles. The van der Waals surface area contributed by atoms with Crippen molar-refractivity contribution in [3.63, 3.8) is 0 Å². The highest BCUT2D eigenvalue weighted by atomic mass is 16.5. The van der Waals surface area contributed by atoms with E-state index in [9.17, 15) is 0 Å². The SMILES string of the molecule is CCNc1ncnc(N2CCN(CC3CC3)CC2)c1OC. The second-order valence-electron chi connectivity index (χ2n) is 5.84. The minimum Gasteiger partial charge on any atom is -0.490 e. The van der Waals surface area contributed by atoms with E-state index in [1.165, 1.54) is 19.4 Å². The lowest BCUT2D eigenvalue weighted by Crippen LogP contribution is -2.47. The summed E-state index contributed by atoms with van der Waals surface area (Å²) in [5.41, 5.74) is 0. The average Bonchev–Trinajstić information content (AvgIpc) is 3.32. The Bertz CT molecular complexity index is 469. The third-order valence-corrected chi connectivity index (χ3v) is 4.22. The van der Waals surface area contributed by atoms with E-state index in [0.29, 0.717) is 0 Å². The molecule has 3 rings (SSSR count). The largest absolute Gasteiger partial charge is 0.490 e. The lowest BCUT2D eigenvalue weighted by atomic mass is 10.2. The van der Waals surface area contributed by atoms with Gasteiger partial charge in [0.1, 0.15) is 6.33 Å². The molecule has 1 aliphatic carbocycles. The zero-order valence-corrected chi connectivity index (χ0v) is 13.0. The maximum absolute atomic E-state index is 5.54. The van der Waals surface area contributed by atoms with Crippen LogP contribution in [0.2, 0.25) is 0 Å². The van der Waals surface area contributed by atoms with Gasteiger partial charge in [0.25, 0.3) is 0 Å². The molecular formula is C15H25N5O. The summed E-state index contributed by atoms with van der Waals surface area (Å²) in [7, 11) is 1.69. The number of anilines is 2. The number of methoxy groups -OCH3 is 1. The molecule has 0 unspecified atom stereocenters. The quantitative estimate of drug-likeness (QED) is 0.856. The fraction of sp³-hybridized carbons (Fsp3) is 0.733. The Kier molecular flexibility index (Phi) is 4.43. The molecule has 0 spiro atoms. The molecule has 1 aliphatic heterocycles. The molecule has 21 heavy (non-hydrogen) atoms. The number of rotatable bonds is 6. The monoisotopic (exact) mass is 291 g/mol. The molecule has 0 atom stereocenters. The highest BCUT2D eigenvalue weighted by Crippen LogP contribution is 2.33. The van der Waals surface area contributed by atoms with Gasteiger partial charge in [0.15, 0.2) is 11.6 Å². The first-order valence-corrected chi connectivity index (χ1v) is 7.92. The van der Waals surface area contributed by atoms with Gasteiger partial charge < -0.3 is 15.0 Å². The van der Waals surface area contributed by atoms with Crippen molar-refractivity contribution in [2.24, 2.45) is 5.92 Å². The first-order chi connectivity index (χ1) is 10.3. The molecule has 0 aromatic carbocycles. The van der Waals surface area contributed by atoms with E-state index in [1.807, 2.05) is 0 Å². The van der Waals surface area contributed by atoms with Crippen LogP contribution in [0.25, 0.3) is 0 Å². The summed E-state index contributed by atoms with van der Waals surface area (Å²) in [4.78, 5) is 13.6. The highest BCUT2D eigenvalue weighted by molar-refractivity contribution is 5.64. The van der Waals surface area contributed by atoms with Gasteiger partial charge in [-0.3, -0.25) is 4.90 Å². The summed E-state index contributed by atoms with van der Waals surface area (Å²) in [6.07, 6.45) is 4.46. The Hall–Kier alpha value is -1.56. The van der Waals surface area contributed by atoms with E-state index in [1.54, 1.807) is 13.4 Å². The normalized spacial score (nSPS) is 19.6. The van der Waals surface area contributed by atoms with Gasteiger partial charge in [0.2, 0.25) is 5.75 Å². The van der Waals surface area contributed by atoms with Crippen LogP contribution in [0.5, 0.6) is 5.75 Å². The van der Waals surface area contributed by atoms with Gasteiger partial charge in [0.05, 0.1) is 7.11 Å². The van der Waals surface area contributed by atoms with Crippen LogP contribution in [0.1, 0.15) is 19.8 Å². The Morgan fingerprint density at radius 2 is 2.00 bits per heavy atom. The molecular weight excluding hydrogens is 266 g/mol. The molecule has 2 aliphatic rings. The van der Waals surface area contributed by atoms with E-state index in [4.69, 9.17) is 4.74 Å². The molecule has 0 amide bonds. The van der Waals surface area contributed by atoms with Crippen LogP contribution in [0.15, 0.2) is 6.33 Å². The van der Waals surface area contributed by atoms with Crippen LogP contribution < -0.4 is 15.0 Å². The number of piperazine rings is 1. The smallest absolute Gasteiger partial charge is 0.204 e. The van der Waals surface area contributed by atoms with Gasteiger partial charge in [-0.1, -0.05) is 0 Å². The predicted molar refractivity (Wildman–Crippen MR) is 84.1 cm³/mol. The minimum atomic E-state index is 0.759. The summed E-state index contributed by atoms with van der Waals surface area (Å²) in [6, 6.07) is 0. The molecule has 116 valence electrons. The molecule has 0 radical (unpaired) electrons. The summed E-state index contributed by atoms with van der Waals surface area (Å²) >= 11 is 0. The second-order valence-corrected chi connectivity index (χ2v) is 5.84. The molecule has 1 aromatic heterocycles. The summed E-state index contributed by atoms with van der Waals surface area (Å²) in [5, 5.41) is 3.24. The van der Waals surface area contributed by atoms with Gasteiger partial charge in [-0.25, -0.2) is 9.97 Å². The Labute approximate surface area is 126 Å². The Morgan fingerprint density at radius 3 is 2.62 bits per heavy atom. The van der Waals surface area contributed by atoms with Crippen molar-refractivity contribution in [2.45, 2.75) is 19.8 Å². The van der Waals surface area contributed by atoms with Crippen molar-refractivity contribution >= 4 is 11.6 Å². The number of hydrogen-bond acceptors (Lipinski definition) is 6. The van der Waals surface area contributed by atoms with Gasteiger partial charge in [0, 0.05) is 39.3 Å². The molecule has 6 nitrogen and oxygen atoms in total. The van der Waals surface area contributed by atoms with E-state index >= 15 is 0 Å². The maximum atomic E-state index is 5.54. The zero-order chi connectivity index (χ0) is 14.7. The molecule has 1 saturated carbocycles. The Balaban J connectivity index is 1.67. The second kappa shape index (κ2) is 6.47. The minimum absolute atomic E-state index is 0.759. The lowest BCUT2D eigenvalue weighted by Gasteiger charge is -2.36. The van der Waals surface area contributed by atoms with E-state index in [-0.39, 0.29) is 0 Å². The third-order valence-electron chi connectivity index (χ3n) is 4.22. The maximum Gasteiger partial charge on any atom is 0.204 e. The molecule has 1 aromatic rings. The first kappa shape index (κ1) is 14.4. The van der Waals surface area contributed by atoms with Crippen molar-refractivity contribution in [1.29, 1.82) is 0 Å². The fourth-order valence-corrected chi connectivity index (χ4v) is 2.88. The number of nitrogens with one attached hydrogen (secondary N) is 1. The number of nitrogens with zero attached hydrogens (tertiary/aromatic N) is 4. The van der Waals surface area contributed by atoms with Crippen LogP contribution in [-0.2, 0) is 0 Å². The number of aromatic nitrogens is 2. The van der Waals surface area contributed by atoms with Crippen molar-refractivity contribution < 1.29 is 4.74 Å². The van der Waals surface area contributed by atoms with Crippen LogP contribution in [-0.4, -0.2) is 61.2 Å². The van der Waals surface area contributed by atoms with Crippen molar-refractivity contribution in [1.82, 2.24) is 14.9 Å². The molecule has 2 fully saturated rings. The van der Waals surface area contributed by atoms with Gasteiger partial charge in [-0.2, -0.15) is 0 Å². The van der Waals surface area contributed by atoms with Crippen LogP contribution in [0.4, 0.5) is 11.6 Å². The highest BCUT2D eigenvalue weighted by Gasteiger charge is 2.27. The van der Waals surface area contributed by atoms with E-state index in [2.05, 4.69) is 32.0 Å². The van der Waals surface area contributed by atoms with E-state index in [0.717, 1.165) is 56.0 Å². The van der Waals surface area contributed by atoms with Gasteiger partial charge in [-0.15, -0.1) is 0 Å². The standard InChI is InChI=1S/C15H25N5O/c1-3-16-14-13(21-2)15(18-11-17-14)20-8-6-19(7-9-20)10-12-4-5-12/h11-12H,3-10H2,1-2H3,(H,16,17,18). The lowest BCUT2D eigenvalue weighted by molar-refractivity contribution is 0.247. The van der Waals surface area contributed by atoms with Gasteiger partial charge >= 0.3 is 0 Å². The summed E-state index contributed by atoms with van der Waals surface area (Å²) in [6.45, 7) is 8.38. The summed E-state index contributed by atoms with van der Waals surface area (Å²) in [5.74, 6) is 3.42. The third kappa shape index (κ3) is 3.37. The van der Waals surface area contributed by atoms with Gasteiger partial charge in [-0.05, 0) is 25.7 Å². The fourth-order valence-electron chi connectivity index (χ4n) is 2.88. The first-order valence-electron chi connectivity index (χ1n) is 7.92. The van der Waals surface area contributed by atoms with Crippen LogP contribution in [0, 0.1) is 5.92 Å². The average molecular weight is 291 g/mol. The molecule has 0 bridgehead atoms. The zero-order valence-electron chi connectivity index (χ0n) is 13.0. The number of ether oxygens (including phenoxy) is 1. The van der Waals surface area contributed by atoms with Crippen LogP contribution >= 0.6 is 0 Å². The number of hydrogen-bond donors (Lipinski definition) is 1. The molecule has 1 saturated heterocycles. The molecule has 1 N–H and O–H groups in total. The van der Waals surface area contributed by atoms with Crippen molar-refractivity contribution in [2.75, 3.05) is 56.6 Å². The van der Waals surface area contributed by atoms with Crippen molar-refractivity contribution in [3.8, 4) is 5.75 Å².